The molecule has 21 heavy (non-hydrogen) atoms. The molecule has 0 saturated heterocycles. The maximum Gasteiger partial charge on any atom is 0.132 e. The Kier molecular flexibility index (Phi) is 4.75. The van der Waals surface area contributed by atoms with E-state index < -0.39 is 11.6 Å². The van der Waals surface area contributed by atoms with Crippen molar-refractivity contribution in [1.82, 2.24) is 0 Å². The Morgan fingerprint density at radius 2 is 1.90 bits per heavy atom. The molecule has 0 spiro atoms. The Labute approximate surface area is 122 Å². The van der Waals surface area contributed by atoms with Crippen LogP contribution in [0.5, 0.6) is 11.5 Å². The molecule has 0 heterocycles. The highest BCUT2D eigenvalue weighted by atomic mass is 19.1. The second-order valence-electron chi connectivity index (χ2n) is 4.72. The Morgan fingerprint density at radius 1 is 1.14 bits per heavy atom. The van der Waals surface area contributed by atoms with Gasteiger partial charge in [0.1, 0.15) is 29.7 Å². The molecular formula is C16H17F2NO2. The van der Waals surface area contributed by atoms with E-state index in [2.05, 4.69) is 0 Å². The fourth-order valence-corrected chi connectivity index (χ4v) is 1.94. The SMILES string of the molecule is COc1ccc([C@@H](C)N)c(OCc2ccc(F)cc2F)c1. The van der Waals surface area contributed by atoms with Crippen molar-refractivity contribution in [2.24, 2.45) is 5.73 Å². The summed E-state index contributed by atoms with van der Waals surface area (Å²) in [6.45, 7) is 1.81. The number of methoxy groups -OCH3 is 1. The molecule has 0 bridgehead atoms. The predicted molar refractivity (Wildman–Crippen MR) is 76.3 cm³/mol. The first-order valence-electron chi connectivity index (χ1n) is 6.51. The van der Waals surface area contributed by atoms with Gasteiger partial charge in [0.2, 0.25) is 0 Å². The second kappa shape index (κ2) is 6.54. The number of hydrogen-bond donors (Lipinski definition) is 1. The average Bonchev–Trinajstić information content (AvgIpc) is 2.45. The normalized spacial score (nSPS) is 12.0. The van der Waals surface area contributed by atoms with Gasteiger partial charge in [-0.15, -0.1) is 0 Å². The van der Waals surface area contributed by atoms with Crippen molar-refractivity contribution in [3.63, 3.8) is 0 Å². The van der Waals surface area contributed by atoms with E-state index in [1.807, 2.05) is 6.92 Å². The van der Waals surface area contributed by atoms with Gasteiger partial charge in [-0.2, -0.15) is 0 Å². The fraction of sp³-hybridized carbons (Fsp3) is 0.250. The standard InChI is InChI=1S/C16H17F2NO2/c1-10(19)14-6-5-13(20-2)8-16(14)21-9-11-3-4-12(17)7-15(11)18/h3-8,10H,9,19H2,1-2H3/t10-/m1/s1. The van der Waals surface area contributed by atoms with Gasteiger partial charge < -0.3 is 15.2 Å². The number of nitrogens with two attached hydrogens (primary N) is 1. The topological polar surface area (TPSA) is 44.5 Å². The highest BCUT2D eigenvalue weighted by molar-refractivity contribution is 5.42. The van der Waals surface area contributed by atoms with Gasteiger partial charge >= 0.3 is 0 Å². The van der Waals surface area contributed by atoms with Crippen molar-refractivity contribution >= 4 is 0 Å². The van der Waals surface area contributed by atoms with Crippen LogP contribution in [0.25, 0.3) is 0 Å². The van der Waals surface area contributed by atoms with Crippen molar-refractivity contribution in [2.45, 2.75) is 19.6 Å². The molecule has 2 N–H and O–H groups in total. The smallest absolute Gasteiger partial charge is 0.132 e. The zero-order chi connectivity index (χ0) is 15.4. The number of halogens is 2. The largest absolute Gasteiger partial charge is 0.497 e. The summed E-state index contributed by atoms with van der Waals surface area (Å²) in [4.78, 5) is 0. The molecule has 0 aliphatic heterocycles. The third kappa shape index (κ3) is 3.70. The van der Waals surface area contributed by atoms with E-state index in [0.717, 1.165) is 11.6 Å². The van der Waals surface area contributed by atoms with Crippen molar-refractivity contribution in [3.8, 4) is 11.5 Å². The van der Waals surface area contributed by atoms with Crippen LogP contribution in [-0.2, 0) is 6.61 Å². The van der Waals surface area contributed by atoms with Crippen LogP contribution in [-0.4, -0.2) is 7.11 Å². The molecule has 5 heteroatoms. The van der Waals surface area contributed by atoms with Crippen molar-refractivity contribution in [3.05, 3.63) is 59.2 Å². The summed E-state index contributed by atoms with van der Waals surface area (Å²) < 4.78 is 37.2. The maximum absolute atomic E-state index is 13.6. The molecule has 2 aromatic rings. The van der Waals surface area contributed by atoms with E-state index >= 15 is 0 Å². The van der Waals surface area contributed by atoms with Crippen LogP contribution in [0.15, 0.2) is 36.4 Å². The van der Waals surface area contributed by atoms with Gasteiger partial charge in [0.25, 0.3) is 0 Å². The Morgan fingerprint density at radius 3 is 2.52 bits per heavy atom. The van der Waals surface area contributed by atoms with Gasteiger partial charge in [-0.05, 0) is 25.1 Å². The average molecular weight is 293 g/mol. The molecule has 0 fully saturated rings. The van der Waals surface area contributed by atoms with Crippen molar-refractivity contribution < 1.29 is 18.3 Å². The van der Waals surface area contributed by atoms with Crippen LogP contribution >= 0.6 is 0 Å². The number of benzene rings is 2. The summed E-state index contributed by atoms with van der Waals surface area (Å²) in [7, 11) is 1.55. The summed E-state index contributed by atoms with van der Waals surface area (Å²) in [5.74, 6) is -0.115. The summed E-state index contributed by atoms with van der Waals surface area (Å²) in [5.41, 5.74) is 6.94. The molecule has 0 unspecified atom stereocenters. The van der Waals surface area contributed by atoms with Crippen LogP contribution in [0, 0.1) is 11.6 Å². The van der Waals surface area contributed by atoms with Crippen LogP contribution in [0.1, 0.15) is 24.1 Å². The molecule has 3 nitrogen and oxygen atoms in total. The van der Waals surface area contributed by atoms with E-state index in [9.17, 15) is 8.78 Å². The van der Waals surface area contributed by atoms with E-state index in [4.69, 9.17) is 15.2 Å². The van der Waals surface area contributed by atoms with E-state index in [0.29, 0.717) is 11.5 Å². The molecule has 0 saturated carbocycles. The lowest BCUT2D eigenvalue weighted by Gasteiger charge is -2.15. The predicted octanol–water partition coefficient (Wildman–Crippen LogP) is 3.57. The van der Waals surface area contributed by atoms with Crippen molar-refractivity contribution in [1.29, 1.82) is 0 Å². The van der Waals surface area contributed by atoms with Crippen LogP contribution in [0.3, 0.4) is 0 Å². The molecule has 1 atom stereocenters. The molecule has 2 rings (SSSR count). The molecular weight excluding hydrogens is 276 g/mol. The zero-order valence-electron chi connectivity index (χ0n) is 11.9. The summed E-state index contributed by atoms with van der Waals surface area (Å²) in [6.07, 6.45) is 0. The third-order valence-electron chi connectivity index (χ3n) is 3.11. The summed E-state index contributed by atoms with van der Waals surface area (Å²) in [6, 6.07) is 8.43. The monoisotopic (exact) mass is 293 g/mol. The van der Waals surface area contributed by atoms with Crippen LogP contribution < -0.4 is 15.2 Å². The zero-order valence-corrected chi connectivity index (χ0v) is 11.9. The van der Waals surface area contributed by atoms with Gasteiger partial charge in [-0.1, -0.05) is 6.07 Å². The molecule has 2 aromatic carbocycles. The van der Waals surface area contributed by atoms with E-state index in [-0.39, 0.29) is 18.2 Å². The van der Waals surface area contributed by atoms with Gasteiger partial charge in [0, 0.05) is 29.3 Å². The van der Waals surface area contributed by atoms with Gasteiger partial charge in [0.05, 0.1) is 7.11 Å². The first-order chi connectivity index (χ1) is 10.0. The molecule has 0 amide bonds. The molecule has 0 aromatic heterocycles. The van der Waals surface area contributed by atoms with Crippen LogP contribution in [0.2, 0.25) is 0 Å². The minimum Gasteiger partial charge on any atom is -0.497 e. The number of rotatable bonds is 5. The lowest BCUT2D eigenvalue weighted by Crippen LogP contribution is -2.08. The van der Waals surface area contributed by atoms with Crippen molar-refractivity contribution in [2.75, 3.05) is 7.11 Å². The van der Waals surface area contributed by atoms with Crippen LogP contribution in [0.4, 0.5) is 8.78 Å². The summed E-state index contributed by atoms with van der Waals surface area (Å²) >= 11 is 0. The quantitative estimate of drug-likeness (QED) is 0.916. The van der Waals surface area contributed by atoms with E-state index in [1.54, 1.807) is 25.3 Å². The first kappa shape index (κ1) is 15.3. The molecule has 112 valence electrons. The third-order valence-corrected chi connectivity index (χ3v) is 3.11. The lowest BCUT2D eigenvalue weighted by atomic mass is 10.1. The molecule has 0 aliphatic carbocycles. The van der Waals surface area contributed by atoms with Gasteiger partial charge in [-0.3, -0.25) is 0 Å². The number of hydrogen-bond acceptors (Lipinski definition) is 3. The lowest BCUT2D eigenvalue weighted by molar-refractivity contribution is 0.292. The second-order valence-corrected chi connectivity index (χ2v) is 4.72. The first-order valence-corrected chi connectivity index (χ1v) is 6.51. The minimum atomic E-state index is -0.639. The summed E-state index contributed by atoms with van der Waals surface area (Å²) in [5, 5.41) is 0. The van der Waals surface area contributed by atoms with Gasteiger partial charge in [0.15, 0.2) is 0 Å². The Hall–Kier alpha value is -2.14. The molecule has 0 aliphatic rings. The Balaban J connectivity index is 2.22. The highest BCUT2D eigenvalue weighted by Crippen LogP contribution is 2.29. The van der Waals surface area contributed by atoms with Gasteiger partial charge in [-0.25, -0.2) is 8.78 Å². The Bertz CT molecular complexity index is 630. The minimum absolute atomic E-state index is 0.0149. The number of ether oxygens (including phenoxy) is 2. The van der Waals surface area contributed by atoms with E-state index in [1.165, 1.54) is 12.1 Å². The molecule has 0 radical (unpaired) electrons. The fourth-order valence-electron chi connectivity index (χ4n) is 1.94. The maximum atomic E-state index is 13.6. The highest BCUT2D eigenvalue weighted by Gasteiger charge is 2.11.